The SMILES string of the molecule is NCC1CCCC1Nc1ncncc1Br. The molecule has 2 unspecified atom stereocenters. The number of aromatic nitrogens is 2. The molecule has 0 spiro atoms. The van der Waals surface area contributed by atoms with Crippen molar-refractivity contribution >= 4 is 21.7 Å². The summed E-state index contributed by atoms with van der Waals surface area (Å²) in [5.41, 5.74) is 5.73. The number of hydrogen-bond donors (Lipinski definition) is 2. The van der Waals surface area contributed by atoms with Gasteiger partial charge in [0.05, 0.1) is 4.47 Å². The molecule has 1 heterocycles. The molecule has 1 aliphatic carbocycles. The van der Waals surface area contributed by atoms with Crippen LogP contribution in [0.5, 0.6) is 0 Å². The van der Waals surface area contributed by atoms with Gasteiger partial charge in [-0.2, -0.15) is 0 Å². The van der Waals surface area contributed by atoms with Gasteiger partial charge in [0, 0.05) is 12.2 Å². The van der Waals surface area contributed by atoms with Gasteiger partial charge < -0.3 is 11.1 Å². The maximum absolute atomic E-state index is 5.73. The Morgan fingerprint density at radius 1 is 1.53 bits per heavy atom. The van der Waals surface area contributed by atoms with E-state index in [1.807, 2.05) is 0 Å². The van der Waals surface area contributed by atoms with E-state index in [1.165, 1.54) is 19.3 Å². The van der Waals surface area contributed by atoms with E-state index < -0.39 is 0 Å². The Balaban J connectivity index is 2.05. The first kappa shape index (κ1) is 10.8. The fraction of sp³-hybridized carbons (Fsp3) is 0.600. The molecule has 1 fully saturated rings. The number of halogens is 1. The van der Waals surface area contributed by atoms with Crippen LogP contribution in [0.2, 0.25) is 0 Å². The molecule has 0 radical (unpaired) electrons. The molecule has 2 atom stereocenters. The van der Waals surface area contributed by atoms with Crippen molar-refractivity contribution in [2.45, 2.75) is 25.3 Å². The van der Waals surface area contributed by atoms with E-state index in [0.29, 0.717) is 12.0 Å². The van der Waals surface area contributed by atoms with Gasteiger partial charge in [0.1, 0.15) is 12.1 Å². The summed E-state index contributed by atoms with van der Waals surface area (Å²) in [6.07, 6.45) is 6.96. The molecule has 1 aliphatic rings. The van der Waals surface area contributed by atoms with Crippen molar-refractivity contribution in [2.24, 2.45) is 11.7 Å². The topological polar surface area (TPSA) is 63.8 Å². The second-order valence-corrected chi connectivity index (χ2v) is 4.75. The first-order valence-corrected chi connectivity index (χ1v) is 6.02. The van der Waals surface area contributed by atoms with Gasteiger partial charge in [-0.05, 0) is 41.2 Å². The van der Waals surface area contributed by atoms with Crippen LogP contribution in [-0.2, 0) is 0 Å². The van der Waals surface area contributed by atoms with Gasteiger partial charge >= 0.3 is 0 Å². The Morgan fingerprint density at radius 2 is 2.40 bits per heavy atom. The predicted molar refractivity (Wildman–Crippen MR) is 63.5 cm³/mol. The van der Waals surface area contributed by atoms with Crippen LogP contribution in [-0.4, -0.2) is 22.6 Å². The molecular formula is C10H15BrN4. The monoisotopic (exact) mass is 270 g/mol. The molecule has 0 amide bonds. The Hall–Kier alpha value is -0.680. The van der Waals surface area contributed by atoms with Gasteiger partial charge in [0.25, 0.3) is 0 Å². The average Bonchev–Trinajstić information content (AvgIpc) is 2.69. The van der Waals surface area contributed by atoms with Crippen LogP contribution in [0.4, 0.5) is 5.82 Å². The third kappa shape index (κ3) is 2.46. The number of anilines is 1. The molecule has 2 rings (SSSR count). The van der Waals surface area contributed by atoms with Crippen molar-refractivity contribution in [1.82, 2.24) is 9.97 Å². The molecule has 0 aliphatic heterocycles. The van der Waals surface area contributed by atoms with Crippen molar-refractivity contribution in [3.8, 4) is 0 Å². The molecule has 0 bridgehead atoms. The molecule has 0 saturated heterocycles. The van der Waals surface area contributed by atoms with E-state index in [0.717, 1.165) is 16.8 Å². The zero-order valence-corrected chi connectivity index (χ0v) is 10.1. The van der Waals surface area contributed by atoms with E-state index in [4.69, 9.17) is 5.73 Å². The third-order valence-electron chi connectivity index (χ3n) is 2.95. The zero-order chi connectivity index (χ0) is 10.7. The summed E-state index contributed by atoms with van der Waals surface area (Å²) < 4.78 is 0.910. The van der Waals surface area contributed by atoms with Gasteiger partial charge in [-0.15, -0.1) is 0 Å². The van der Waals surface area contributed by atoms with Crippen molar-refractivity contribution in [1.29, 1.82) is 0 Å². The molecule has 4 nitrogen and oxygen atoms in total. The minimum Gasteiger partial charge on any atom is -0.366 e. The summed E-state index contributed by atoms with van der Waals surface area (Å²) in [6.45, 7) is 0.750. The number of nitrogens with one attached hydrogen (secondary N) is 1. The number of rotatable bonds is 3. The quantitative estimate of drug-likeness (QED) is 0.879. The van der Waals surface area contributed by atoms with Crippen molar-refractivity contribution in [3.63, 3.8) is 0 Å². The van der Waals surface area contributed by atoms with Crippen molar-refractivity contribution in [3.05, 3.63) is 17.0 Å². The smallest absolute Gasteiger partial charge is 0.143 e. The highest BCUT2D eigenvalue weighted by atomic mass is 79.9. The third-order valence-corrected chi connectivity index (χ3v) is 3.53. The molecular weight excluding hydrogens is 256 g/mol. The number of hydrogen-bond acceptors (Lipinski definition) is 4. The molecule has 0 aromatic carbocycles. The fourth-order valence-electron chi connectivity index (χ4n) is 2.10. The Kier molecular flexibility index (Phi) is 3.53. The van der Waals surface area contributed by atoms with Gasteiger partial charge in [-0.3, -0.25) is 0 Å². The Bertz CT molecular complexity index is 331. The van der Waals surface area contributed by atoms with Crippen LogP contribution in [0.1, 0.15) is 19.3 Å². The normalized spacial score (nSPS) is 25.5. The van der Waals surface area contributed by atoms with E-state index in [2.05, 4.69) is 31.2 Å². The number of nitrogens with zero attached hydrogens (tertiary/aromatic N) is 2. The lowest BCUT2D eigenvalue weighted by Crippen LogP contribution is -2.29. The molecule has 1 saturated carbocycles. The van der Waals surface area contributed by atoms with Crippen LogP contribution >= 0.6 is 15.9 Å². The van der Waals surface area contributed by atoms with E-state index in [9.17, 15) is 0 Å². The van der Waals surface area contributed by atoms with Gasteiger partial charge in [-0.1, -0.05) is 6.42 Å². The largest absolute Gasteiger partial charge is 0.366 e. The summed E-state index contributed by atoms with van der Waals surface area (Å²) in [5.74, 6) is 1.45. The molecule has 15 heavy (non-hydrogen) atoms. The van der Waals surface area contributed by atoms with Crippen LogP contribution < -0.4 is 11.1 Å². The minimum atomic E-state index is 0.459. The Morgan fingerprint density at radius 3 is 3.13 bits per heavy atom. The van der Waals surface area contributed by atoms with E-state index in [-0.39, 0.29) is 0 Å². The fourth-order valence-corrected chi connectivity index (χ4v) is 2.44. The highest BCUT2D eigenvalue weighted by Crippen LogP contribution is 2.29. The highest BCUT2D eigenvalue weighted by molar-refractivity contribution is 9.10. The summed E-state index contributed by atoms with van der Waals surface area (Å²) >= 11 is 3.43. The summed E-state index contributed by atoms with van der Waals surface area (Å²) in [7, 11) is 0. The van der Waals surface area contributed by atoms with Gasteiger partial charge in [0.2, 0.25) is 0 Å². The summed E-state index contributed by atoms with van der Waals surface area (Å²) in [4.78, 5) is 8.14. The van der Waals surface area contributed by atoms with E-state index >= 15 is 0 Å². The lowest BCUT2D eigenvalue weighted by molar-refractivity contribution is 0.515. The van der Waals surface area contributed by atoms with Crippen LogP contribution in [0.3, 0.4) is 0 Å². The lowest BCUT2D eigenvalue weighted by Gasteiger charge is -2.20. The van der Waals surface area contributed by atoms with E-state index in [1.54, 1.807) is 12.5 Å². The second kappa shape index (κ2) is 4.90. The summed E-state index contributed by atoms with van der Waals surface area (Å²) in [6, 6.07) is 0.459. The minimum absolute atomic E-state index is 0.459. The predicted octanol–water partition coefficient (Wildman–Crippen LogP) is 1.78. The van der Waals surface area contributed by atoms with Gasteiger partial charge in [0.15, 0.2) is 0 Å². The first-order valence-electron chi connectivity index (χ1n) is 5.23. The standard InChI is InChI=1S/C10H15BrN4/c11-8-5-13-6-14-10(8)15-9-3-1-2-7(9)4-12/h5-7,9H,1-4,12H2,(H,13,14,15). The first-order chi connectivity index (χ1) is 7.31. The lowest BCUT2D eigenvalue weighted by atomic mass is 10.0. The maximum Gasteiger partial charge on any atom is 0.143 e. The molecule has 1 aromatic rings. The van der Waals surface area contributed by atoms with Crippen LogP contribution in [0.25, 0.3) is 0 Å². The van der Waals surface area contributed by atoms with Gasteiger partial charge in [-0.25, -0.2) is 9.97 Å². The highest BCUT2D eigenvalue weighted by Gasteiger charge is 2.26. The maximum atomic E-state index is 5.73. The second-order valence-electron chi connectivity index (χ2n) is 3.90. The molecule has 1 aromatic heterocycles. The zero-order valence-electron chi connectivity index (χ0n) is 8.49. The summed E-state index contributed by atoms with van der Waals surface area (Å²) in [5, 5.41) is 3.43. The van der Waals surface area contributed by atoms with Crippen LogP contribution in [0, 0.1) is 5.92 Å². The number of nitrogens with two attached hydrogens (primary N) is 1. The molecule has 3 N–H and O–H groups in total. The van der Waals surface area contributed by atoms with Crippen LogP contribution in [0.15, 0.2) is 17.0 Å². The van der Waals surface area contributed by atoms with Crippen molar-refractivity contribution < 1.29 is 0 Å². The molecule has 82 valence electrons. The van der Waals surface area contributed by atoms with Crippen molar-refractivity contribution in [2.75, 3.05) is 11.9 Å². The molecule has 5 heteroatoms. The average molecular weight is 271 g/mol. The Labute approximate surface area is 97.8 Å².